The van der Waals surface area contributed by atoms with Crippen LogP contribution in [0, 0.1) is 3.57 Å². The molecule has 0 saturated heterocycles. The highest BCUT2D eigenvalue weighted by Crippen LogP contribution is 2.11. The number of halogens is 1. The minimum absolute atomic E-state index is 0.692. The molecule has 0 unspecified atom stereocenters. The average Bonchev–Trinajstić information content (AvgIpc) is 2.70. The van der Waals surface area contributed by atoms with Crippen LogP contribution >= 0.6 is 22.6 Å². The van der Waals surface area contributed by atoms with Gasteiger partial charge >= 0.3 is 0 Å². The smallest absolute Gasteiger partial charge is 0.180 e. The summed E-state index contributed by atoms with van der Waals surface area (Å²) in [6, 6.07) is 8.21. The zero-order chi connectivity index (χ0) is 9.80. The number of nitrogens with zero attached hydrogens (tertiary/aromatic N) is 1. The molecule has 0 aliphatic rings. The van der Waals surface area contributed by atoms with Gasteiger partial charge in [-0.05, 0) is 46.9 Å². The van der Waals surface area contributed by atoms with E-state index in [1.807, 2.05) is 12.1 Å². The Morgan fingerprint density at radius 1 is 1.29 bits per heavy atom. The summed E-state index contributed by atoms with van der Waals surface area (Å²) in [5.74, 6) is 0. The lowest BCUT2D eigenvalue weighted by atomic mass is 10.3. The van der Waals surface area contributed by atoms with Crippen molar-refractivity contribution in [2.75, 3.05) is 5.32 Å². The zero-order valence-electron chi connectivity index (χ0n) is 7.40. The predicted octanol–water partition coefficient (Wildman–Crippen LogP) is 2.89. The highest BCUT2D eigenvalue weighted by atomic mass is 127. The number of benzene rings is 1. The molecule has 0 fully saturated rings. The fourth-order valence-electron chi connectivity index (χ4n) is 1.09. The second kappa shape index (κ2) is 4.45. The van der Waals surface area contributed by atoms with Gasteiger partial charge in [-0.25, -0.2) is 4.98 Å². The van der Waals surface area contributed by atoms with Crippen molar-refractivity contribution >= 4 is 28.3 Å². The first-order chi connectivity index (χ1) is 6.84. The lowest BCUT2D eigenvalue weighted by Crippen LogP contribution is -1.98. The van der Waals surface area contributed by atoms with Gasteiger partial charge in [0.05, 0.1) is 12.2 Å². The fraction of sp³-hybridized carbons (Fsp3) is 0.100. The van der Waals surface area contributed by atoms with Crippen LogP contribution in [0.5, 0.6) is 0 Å². The van der Waals surface area contributed by atoms with Gasteiger partial charge in [0.2, 0.25) is 0 Å². The van der Waals surface area contributed by atoms with Gasteiger partial charge in [-0.3, -0.25) is 0 Å². The maximum Gasteiger partial charge on any atom is 0.180 e. The van der Waals surface area contributed by atoms with E-state index in [9.17, 15) is 0 Å². The van der Waals surface area contributed by atoms with E-state index in [2.05, 4.69) is 45.0 Å². The van der Waals surface area contributed by atoms with Crippen molar-refractivity contribution in [2.45, 2.75) is 6.54 Å². The summed E-state index contributed by atoms with van der Waals surface area (Å²) in [6.45, 7) is 0.692. The quantitative estimate of drug-likeness (QED) is 0.886. The van der Waals surface area contributed by atoms with Crippen molar-refractivity contribution in [2.24, 2.45) is 0 Å². The van der Waals surface area contributed by atoms with Gasteiger partial charge < -0.3 is 9.73 Å². The number of oxazole rings is 1. The Bertz CT molecular complexity index is 383. The van der Waals surface area contributed by atoms with Crippen LogP contribution in [0.3, 0.4) is 0 Å². The monoisotopic (exact) mass is 300 g/mol. The van der Waals surface area contributed by atoms with E-state index >= 15 is 0 Å². The maximum absolute atomic E-state index is 4.87. The number of aromatic nitrogens is 1. The van der Waals surface area contributed by atoms with Crippen LogP contribution in [0.4, 0.5) is 5.69 Å². The van der Waals surface area contributed by atoms with E-state index in [1.54, 1.807) is 6.26 Å². The molecule has 0 aliphatic heterocycles. The van der Waals surface area contributed by atoms with E-state index < -0.39 is 0 Å². The molecular weight excluding hydrogens is 291 g/mol. The Hall–Kier alpha value is -1.04. The standard InChI is InChI=1S/C10H9IN2O/c11-8-1-3-9(4-2-8)12-5-10-6-14-7-13-10/h1-4,6-7,12H,5H2. The molecule has 1 aromatic carbocycles. The number of hydrogen-bond acceptors (Lipinski definition) is 3. The van der Waals surface area contributed by atoms with E-state index in [1.165, 1.54) is 9.96 Å². The van der Waals surface area contributed by atoms with Crippen LogP contribution in [0.1, 0.15) is 5.69 Å². The molecule has 1 N–H and O–H groups in total. The molecule has 2 aromatic rings. The predicted molar refractivity (Wildman–Crippen MR) is 63.0 cm³/mol. The highest BCUT2D eigenvalue weighted by Gasteiger charge is 1.95. The lowest BCUT2D eigenvalue weighted by Gasteiger charge is -2.03. The molecule has 0 bridgehead atoms. The molecule has 3 nitrogen and oxygen atoms in total. The summed E-state index contributed by atoms with van der Waals surface area (Å²) >= 11 is 2.28. The van der Waals surface area contributed by atoms with Crippen molar-refractivity contribution in [1.29, 1.82) is 0 Å². The van der Waals surface area contributed by atoms with Crippen LogP contribution < -0.4 is 5.32 Å². The molecule has 0 saturated carbocycles. The second-order valence-electron chi connectivity index (χ2n) is 2.84. The van der Waals surface area contributed by atoms with E-state index in [-0.39, 0.29) is 0 Å². The Morgan fingerprint density at radius 2 is 2.07 bits per heavy atom. The van der Waals surface area contributed by atoms with Crippen molar-refractivity contribution in [1.82, 2.24) is 4.98 Å². The number of hydrogen-bond donors (Lipinski definition) is 1. The summed E-state index contributed by atoms with van der Waals surface area (Å²) in [4.78, 5) is 4.02. The van der Waals surface area contributed by atoms with Gasteiger partial charge in [-0.15, -0.1) is 0 Å². The molecular formula is C10H9IN2O. The molecule has 1 heterocycles. The summed E-state index contributed by atoms with van der Waals surface area (Å²) in [5.41, 5.74) is 2.00. The first kappa shape index (κ1) is 9.51. The topological polar surface area (TPSA) is 38.1 Å². The minimum atomic E-state index is 0.692. The summed E-state index contributed by atoms with van der Waals surface area (Å²) in [5, 5.41) is 3.25. The largest absolute Gasteiger partial charge is 0.451 e. The Morgan fingerprint density at radius 3 is 2.71 bits per heavy atom. The molecule has 0 spiro atoms. The summed E-state index contributed by atoms with van der Waals surface area (Å²) in [7, 11) is 0. The third-order valence-electron chi connectivity index (χ3n) is 1.80. The number of rotatable bonds is 3. The lowest BCUT2D eigenvalue weighted by molar-refractivity contribution is 0.556. The number of nitrogens with one attached hydrogen (secondary N) is 1. The second-order valence-corrected chi connectivity index (χ2v) is 4.09. The zero-order valence-corrected chi connectivity index (χ0v) is 9.56. The molecule has 0 amide bonds. The number of anilines is 1. The van der Waals surface area contributed by atoms with E-state index in [4.69, 9.17) is 4.42 Å². The Labute approximate surface area is 95.7 Å². The third kappa shape index (κ3) is 2.47. The molecule has 0 radical (unpaired) electrons. The Balaban J connectivity index is 1.95. The van der Waals surface area contributed by atoms with Crippen LogP contribution in [0.25, 0.3) is 0 Å². The van der Waals surface area contributed by atoms with Crippen LogP contribution in [0.15, 0.2) is 41.3 Å². The third-order valence-corrected chi connectivity index (χ3v) is 2.52. The fourth-order valence-corrected chi connectivity index (χ4v) is 1.44. The molecule has 2 rings (SSSR count). The van der Waals surface area contributed by atoms with Gasteiger partial charge in [0.15, 0.2) is 6.39 Å². The van der Waals surface area contributed by atoms with Crippen LogP contribution in [-0.2, 0) is 6.54 Å². The van der Waals surface area contributed by atoms with Gasteiger partial charge in [-0.1, -0.05) is 0 Å². The van der Waals surface area contributed by atoms with Gasteiger partial charge in [-0.2, -0.15) is 0 Å². The SMILES string of the molecule is Ic1ccc(NCc2cocn2)cc1. The van der Waals surface area contributed by atoms with Gasteiger partial charge in [0.25, 0.3) is 0 Å². The van der Waals surface area contributed by atoms with Crippen LogP contribution in [-0.4, -0.2) is 4.98 Å². The van der Waals surface area contributed by atoms with Crippen LogP contribution in [0.2, 0.25) is 0 Å². The average molecular weight is 300 g/mol. The first-order valence-electron chi connectivity index (χ1n) is 4.21. The van der Waals surface area contributed by atoms with Gasteiger partial charge in [0.1, 0.15) is 6.26 Å². The molecule has 4 heteroatoms. The molecule has 14 heavy (non-hydrogen) atoms. The normalized spacial score (nSPS) is 10.1. The molecule has 72 valence electrons. The van der Waals surface area contributed by atoms with Crippen molar-refractivity contribution < 1.29 is 4.42 Å². The summed E-state index contributed by atoms with van der Waals surface area (Å²) in [6.07, 6.45) is 3.07. The van der Waals surface area contributed by atoms with Crippen molar-refractivity contribution in [3.63, 3.8) is 0 Å². The summed E-state index contributed by atoms with van der Waals surface area (Å²) < 4.78 is 6.10. The minimum Gasteiger partial charge on any atom is -0.451 e. The van der Waals surface area contributed by atoms with Crippen molar-refractivity contribution in [3.05, 3.63) is 46.2 Å². The molecule has 1 aromatic heterocycles. The maximum atomic E-state index is 4.87. The molecule has 0 aliphatic carbocycles. The molecule has 0 atom stereocenters. The van der Waals surface area contributed by atoms with E-state index in [0.717, 1.165) is 11.4 Å². The van der Waals surface area contributed by atoms with E-state index in [0.29, 0.717) is 6.54 Å². The van der Waals surface area contributed by atoms with Crippen molar-refractivity contribution in [3.8, 4) is 0 Å². The highest BCUT2D eigenvalue weighted by molar-refractivity contribution is 14.1. The first-order valence-corrected chi connectivity index (χ1v) is 5.29. The van der Waals surface area contributed by atoms with Gasteiger partial charge in [0, 0.05) is 9.26 Å². The Kier molecular flexibility index (Phi) is 3.03.